The number of amides is 2. The van der Waals surface area contributed by atoms with Crippen molar-refractivity contribution < 1.29 is 14.3 Å². The molecule has 0 radical (unpaired) electrons. The Morgan fingerprint density at radius 3 is 2.40 bits per heavy atom. The molecule has 0 unspecified atom stereocenters. The van der Waals surface area contributed by atoms with Crippen LogP contribution in [0.15, 0.2) is 24.5 Å². The van der Waals surface area contributed by atoms with Gasteiger partial charge in [-0.15, -0.1) is 5.10 Å². The van der Waals surface area contributed by atoms with Gasteiger partial charge < -0.3 is 24.6 Å². The smallest absolute Gasteiger partial charge is 0.321 e. The second-order valence-corrected chi connectivity index (χ2v) is 6.78. The van der Waals surface area contributed by atoms with Crippen molar-refractivity contribution in [3.05, 3.63) is 24.5 Å². The molecule has 1 aromatic carbocycles. The van der Waals surface area contributed by atoms with E-state index in [1.54, 1.807) is 42.0 Å². The molecular formula is C19H24N8O3. The number of urea groups is 1. The lowest BCUT2D eigenvalue weighted by Gasteiger charge is -2.35. The van der Waals surface area contributed by atoms with Gasteiger partial charge in [0.05, 0.1) is 14.2 Å². The number of hydrogen-bond acceptors (Lipinski definition) is 8. The maximum absolute atomic E-state index is 12.7. The maximum Gasteiger partial charge on any atom is 0.321 e. The molecule has 3 aromatic rings. The number of nitrogens with zero attached hydrogens (tertiary/aromatic N) is 7. The average Bonchev–Trinajstić information content (AvgIpc) is 3.22. The molecule has 1 aliphatic heterocycles. The van der Waals surface area contributed by atoms with Crippen LogP contribution in [0.4, 0.5) is 16.3 Å². The fourth-order valence-electron chi connectivity index (χ4n) is 3.43. The van der Waals surface area contributed by atoms with Crippen LogP contribution in [0, 0.1) is 0 Å². The molecule has 0 spiro atoms. The van der Waals surface area contributed by atoms with E-state index in [4.69, 9.17) is 9.47 Å². The zero-order valence-corrected chi connectivity index (χ0v) is 17.2. The number of aryl methyl sites for hydroxylation is 1. The van der Waals surface area contributed by atoms with Gasteiger partial charge in [-0.05, 0) is 6.92 Å². The topological polar surface area (TPSA) is 111 Å². The zero-order valence-electron chi connectivity index (χ0n) is 17.2. The van der Waals surface area contributed by atoms with Crippen molar-refractivity contribution in [2.75, 3.05) is 50.6 Å². The quantitative estimate of drug-likeness (QED) is 0.673. The van der Waals surface area contributed by atoms with Crippen LogP contribution < -0.4 is 19.7 Å². The van der Waals surface area contributed by atoms with Crippen LogP contribution in [0.3, 0.4) is 0 Å². The molecule has 4 rings (SSSR count). The van der Waals surface area contributed by atoms with Gasteiger partial charge in [-0.2, -0.15) is 0 Å². The van der Waals surface area contributed by atoms with Crippen LogP contribution in [-0.4, -0.2) is 76.3 Å². The van der Waals surface area contributed by atoms with Gasteiger partial charge >= 0.3 is 6.03 Å². The van der Waals surface area contributed by atoms with E-state index in [1.165, 1.54) is 6.33 Å². The van der Waals surface area contributed by atoms with Crippen molar-refractivity contribution >= 4 is 28.7 Å². The van der Waals surface area contributed by atoms with Gasteiger partial charge in [0.1, 0.15) is 17.8 Å². The van der Waals surface area contributed by atoms with Crippen LogP contribution in [-0.2, 0) is 6.54 Å². The van der Waals surface area contributed by atoms with Crippen LogP contribution in [0.1, 0.15) is 6.92 Å². The zero-order chi connectivity index (χ0) is 21.1. The molecule has 1 saturated heterocycles. The summed E-state index contributed by atoms with van der Waals surface area (Å²) in [7, 11) is 3.14. The van der Waals surface area contributed by atoms with Crippen molar-refractivity contribution in [1.82, 2.24) is 29.9 Å². The molecule has 2 amide bonds. The lowest BCUT2D eigenvalue weighted by Crippen LogP contribution is -2.50. The Hall–Kier alpha value is -3.63. The van der Waals surface area contributed by atoms with Crippen molar-refractivity contribution in [2.45, 2.75) is 13.5 Å². The van der Waals surface area contributed by atoms with Gasteiger partial charge in [-0.25, -0.2) is 19.4 Å². The second kappa shape index (κ2) is 8.39. The number of anilines is 2. The summed E-state index contributed by atoms with van der Waals surface area (Å²) in [5.74, 6) is 1.97. The first kappa shape index (κ1) is 19.7. The molecule has 2 aromatic heterocycles. The minimum Gasteiger partial charge on any atom is -0.497 e. The number of benzene rings is 1. The van der Waals surface area contributed by atoms with E-state index in [2.05, 4.69) is 30.5 Å². The van der Waals surface area contributed by atoms with E-state index in [0.717, 1.165) is 11.5 Å². The standard InChI is InChI=1S/C19H24N8O3/c1-4-27-18-16(23-24-27)17(20-12-21-18)25-5-7-26(8-6-25)19(28)22-13-9-14(29-2)11-15(10-13)30-3/h9-12H,4-8H2,1-3H3,(H,22,28). The molecule has 11 nitrogen and oxygen atoms in total. The lowest BCUT2D eigenvalue weighted by molar-refractivity contribution is 0.208. The Kier molecular flexibility index (Phi) is 5.50. The first-order valence-electron chi connectivity index (χ1n) is 9.71. The largest absolute Gasteiger partial charge is 0.497 e. The van der Waals surface area contributed by atoms with E-state index in [0.29, 0.717) is 55.4 Å². The van der Waals surface area contributed by atoms with E-state index in [9.17, 15) is 4.79 Å². The van der Waals surface area contributed by atoms with Crippen molar-refractivity contribution in [3.8, 4) is 11.5 Å². The van der Waals surface area contributed by atoms with Crippen molar-refractivity contribution in [2.24, 2.45) is 0 Å². The number of fused-ring (bicyclic) bond motifs is 1. The molecule has 0 atom stereocenters. The summed E-state index contributed by atoms with van der Waals surface area (Å²) in [6.07, 6.45) is 1.53. The summed E-state index contributed by atoms with van der Waals surface area (Å²) >= 11 is 0. The third kappa shape index (κ3) is 3.78. The molecular weight excluding hydrogens is 388 g/mol. The Labute approximate surface area is 173 Å². The number of ether oxygens (including phenoxy) is 2. The van der Waals surface area contributed by atoms with E-state index >= 15 is 0 Å². The fourth-order valence-corrected chi connectivity index (χ4v) is 3.43. The number of aromatic nitrogens is 5. The van der Waals surface area contributed by atoms with Crippen molar-refractivity contribution in [3.63, 3.8) is 0 Å². The minimum absolute atomic E-state index is 0.172. The molecule has 3 heterocycles. The molecule has 30 heavy (non-hydrogen) atoms. The monoisotopic (exact) mass is 412 g/mol. The summed E-state index contributed by atoms with van der Waals surface area (Å²) in [5.41, 5.74) is 2.02. The predicted octanol–water partition coefficient (Wildman–Crippen LogP) is 1.61. The van der Waals surface area contributed by atoms with Crippen molar-refractivity contribution in [1.29, 1.82) is 0 Å². The fraction of sp³-hybridized carbons (Fsp3) is 0.421. The highest BCUT2D eigenvalue weighted by atomic mass is 16.5. The minimum atomic E-state index is -0.172. The maximum atomic E-state index is 12.7. The van der Waals surface area contributed by atoms with Gasteiger partial charge in [-0.1, -0.05) is 5.21 Å². The van der Waals surface area contributed by atoms with Crippen LogP contribution >= 0.6 is 0 Å². The van der Waals surface area contributed by atoms with Crippen LogP contribution in [0.5, 0.6) is 11.5 Å². The SMILES string of the molecule is CCn1nnc2c(N3CCN(C(=O)Nc4cc(OC)cc(OC)c4)CC3)ncnc21. The molecule has 1 N–H and O–H groups in total. The van der Waals surface area contributed by atoms with E-state index < -0.39 is 0 Å². The molecule has 0 saturated carbocycles. The van der Waals surface area contributed by atoms with E-state index in [1.807, 2.05) is 6.92 Å². The molecule has 158 valence electrons. The molecule has 0 aliphatic carbocycles. The first-order valence-corrected chi connectivity index (χ1v) is 9.71. The molecule has 11 heteroatoms. The molecule has 1 fully saturated rings. The number of hydrogen-bond donors (Lipinski definition) is 1. The predicted molar refractivity (Wildman–Crippen MR) is 111 cm³/mol. The average molecular weight is 412 g/mol. The van der Waals surface area contributed by atoms with Gasteiger partial charge in [0.25, 0.3) is 0 Å². The highest BCUT2D eigenvalue weighted by molar-refractivity contribution is 5.90. The number of piperazine rings is 1. The van der Waals surface area contributed by atoms with Gasteiger partial charge in [0.2, 0.25) is 0 Å². The first-order chi connectivity index (χ1) is 14.6. The summed E-state index contributed by atoms with van der Waals surface area (Å²) in [6, 6.07) is 5.09. The van der Waals surface area contributed by atoms with Gasteiger partial charge in [-0.3, -0.25) is 0 Å². The lowest BCUT2D eigenvalue weighted by atomic mass is 10.2. The third-order valence-corrected chi connectivity index (χ3v) is 5.05. The second-order valence-electron chi connectivity index (χ2n) is 6.78. The Morgan fingerprint density at radius 2 is 1.77 bits per heavy atom. The Bertz CT molecular complexity index is 1020. The number of rotatable bonds is 5. The molecule has 0 bridgehead atoms. The summed E-state index contributed by atoms with van der Waals surface area (Å²) < 4.78 is 12.3. The summed E-state index contributed by atoms with van der Waals surface area (Å²) in [4.78, 5) is 25.3. The van der Waals surface area contributed by atoms with Crippen LogP contribution in [0.25, 0.3) is 11.2 Å². The molecule has 1 aliphatic rings. The summed E-state index contributed by atoms with van der Waals surface area (Å²) in [6.45, 7) is 5.07. The normalized spacial score (nSPS) is 14.1. The number of carbonyl (C=O) groups is 1. The number of nitrogens with one attached hydrogen (secondary N) is 1. The van der Waals surface area contributed by atoms with E-state index in [-0.39, 0.29) is 6.03 Å². The van der Waals surface area contributed by atoms with Gasteiger partial charge in [0, 0.05) is 56.6 Å². The number of carbonyl (C=O) groups excluding carboxylic acids is 1. The van der Waals surface area contributed by atoms with Gasteiger partial charge in [0.15, 0.2) is 17.0 Å². The van der Waals surface area contributed by atoms with Crippen LogP contribution in [0.2, 0.25) is 0 Å². The third-order valence-electron chi connectivity index (χ3n) is 5.05. The highest BCUT2D eigenvalue weighted by Crippen LogP contribution is 2.26. The Balaban J connectivity index is 1.42. The Morgan fingerprint density at radius 1 is 1.07 bits per heavy atom. The highest BCUT2D eigenvalue weighted by Gasteiger charge is 2.25. The number of methoxy groups -OCH3 is 2. The summed E-state index contributed by atoms with van der Waals surface area (Å²) in [5, 5.41) is 11.3.